The van der Waals surface area contributed by atoms with Crippen molar-refractivity contribution in [1.29, 1.82) is 0 Å². The molecule has 0 radical (unpaired) electrons. The number of aromatic hydroxyl groups is 1. The van der Waals surface area contributed by atoms with Crippen molar-refractivity contribution in [2.75, 3.05) is 32.1 Å². The molecule has 1 amide bonds. The number of carbonyl (C=O) groups is 1. The van der Waals surface area contributed by atoms with E-state index in [-0.39, 0.29) is 16.7 Å². The highest BCUT2D eigenvalue weighted by molar-refractivity contribution is 6.32. The number of likely N-dealkylation sites (tertiary alicyclic amines) is 1. The van der Waals surface area contributed by atoms with Gasteiger partial charge in [0.05, 0.1) is 33.9 Å². The maximum atomic E-state index is 12.8. The van der Waals surface area contributed by atoms with Crippen molar-refractivity contribution >= 4 is 28.9 Å². The standard InChI is InChI=1S/C23H24ClN5O3/c1-29-10-7-13(29)12-32-18-11-25-8-5-14(18)20-21(19-16(27-20)6-9-26-23(19)31)28-17-4-2-3-15(24)22(17)30/h2-5,8,11,13,27-28,30H,6-7,9-10,12H2,1H3,(H,26,31). The Kier molecular flexibility index (Phi) is 5.40. The van der Waals surface area contributed by atoms with Gasteiger partial charge in [-0.05, 0) is 38.2 Å². The summed E-state index contributed by atoms with van der Waals surface area (Å²) in [4.78, 5) is 22.7. The number of nitrogens with zero attached hydrogens (tertiary/aromatic N) is 2. The summed E-state index contributed by atoms with van der Waals surface area (Å²) in [7, 11) is 2.08. The number of phenols is 1. The number of aromatic amines is 1. The third kappa shape index (κ3) is 3.65. The number of amides is 1. The number of benzene rings is 1. The molecule has 0 saturated carbocycles. The zero-order valence-corrected chi connectivity index (χ0v) is 18.4. The average molecular weight is 454 g/mol. The van der Waals surface area contributed by atoms with Gasteiger partial charge < -0.3 is 25.5 Å². The van der Waals surface area contributed by atoms with Gasteiger partial charge in [0.1, 0.15) is 12.4 Å². The van der Waals surface area contributed by atoms with E-state index in [9.17, 15) is 9.90 Å². The zero-order valence-electron chi connectivity index (χ0n) is 17.6. The van der Waals surface area contributed by atoms with Crippen LogP contribution >= 0.6 is 11.6 Å². The minimum Gasteiger partial charge on any atom is -0.504 e. The van der Waals surface area contributed by atoms with Gasteiger partial charge in [0, 0.05) is 36.5 Å². The number of H-pyrrole nitrogens is 1. The van der Waals surface area contributed by atoms with E-state index in [0.717, 1.165) is 24.2 Å². The second kappa shape index (κ2) is 8.37. The fourth-order valence-electron chi connectivity index (χ4n) is 4.13. The number of aromatic nitrogens is 2. The first-order chi connectivity index (χ1) is 15.5. The molecule has 1 atom stereocenters. The minimum absolute atomic E-state index is 0.0782. The van der Waals surface area contributed by atoms with E-state index >= 15 is 0 Å². The van der Waals surface area contributed by atoms with Gasteiger partial charge in [-0.1, -0.05) is 17.7 Å². The fourth-order valence-corrected chi connectivity index (χ4v) is 4.30. The van der Waals surface area contributed by atoms with Crippen LogP contribution in [0.25, 0.3) is 11.3 Å². The molecule has 2 aliphatic heterocycles. The van der Waals surface area contributed by atoms with Crippen molar-refractivity contribution in [3.8, 4) is 22.8 Å². The Morgan fingerprint density at radius 1 is 1.38 bits per heavy atom. The topological polar surface area (TPSA) is 103 Å². The Bertz CT molecular complexity index is 1180. The molecule has 166 valence electrons. The molecule has 0 spiro atoms. The normalized spacial score (nSPS) is 17.9. The molecule has 1 aromatic carbocycles. The molecule has 1 fully saturated rings. The van der Waals surface area contributed by atoms with Crippen LogP contribution < -0.4 is 15.4 Å². The SMILES string of the molecule is CN1CCC1COc1cnccc1-c1[nH]c2c(c1Nc1cccc(Cl)c1O)C(=O)NCC2. The van der Waals surface area contributed by atoms with E-state index in [1.165, 1.54) is 0 Å². The molecule has 0 aliphatic carbocycles. The average Bonchev–Trinajstić information content (AvgIpc) is 3.15. The fraction of sp³-hybridized carbons (Fsp3) is 0.304. The van der Waals surface area contributed by atoms with Crippen molar-refractivity contribution in [1.82, 2.24) is 20.2 Å². The smallest absolute Gasteiger partial charge is 0.255 e. The second-order valence-corrected chi connectivity index (χ2v) is 8.51. The lowest BCUT2D eigenvalue weighted by molar-refractivity contribution is 0.0769. The highest BCUT2D eigenvalue weighted by Gasteiger charge is 2.29. The minimum atomic E-state index is -0.176. The van der Waals surface area contributed by atoms with Crippen LogP contribution in [0.3, 0.4) is 0 Å². The van der Waals surface area contributed by atoms with Crippen LogP contribution in [0.2, 0.25) is 5.02 Å². The third-order valence-electron chi connectivity index (χ3n) is 6.14. The maximum absolute atomic E-state index is 12.8. The van der Waals surface area contributed by atoms with E-state index in [0.29, 0.717) is 54.0 Å². The summed E-state index contributed by atoms with van der Waals surface area (Å²) in [6.45, 7) is 2.19. The van der Waals surface area contributed by atoms with Crippen LogP contribution in [0, 0.1) is 0 Å². The molecule has 1 saturated heterocycles. The van der Waals surface area contributed by atoms with Crippen molar-refractivity contribution in [2.24, 2.45) is 0 Å². The summed E-state index contributed by atoms with van der Waals surface area (Å²) in [5, 5.41) is 16.8. The number of phenolic OH excluding ortho intramolecular Hbond substituents is 1. The highest BCUT2D eigenvalue weighted by Crippen LogP contribution is 2.42. The van der Waals surface area contributed by atoms with E-state index in [1.54, 1.807) is 30.6 Å². The Labute approximate surface area is 190 Å². The molecule has 1 unspecified atom stereocenters. The van der Waals surface area contributed by atoms with Crippen molar-refractivity contribution < 1.29 is 14.6 Å². The van der Waals surface area contributed by atoms with Crippen molar-refractivity contribution in [3.63, 3.8) is 0 Å². The second-order valence-electron chi connectivity index (χ2n) is 8.10. The number of hydrogen-bond acceptors (Lipinski definition) is 6. The Hall–Kier alpha value is -3.23. The van der Waals surface area contributed by atoms with Crippen LogP contribution in [0.4, 0.5) is 11.4 Å². The number of likely N-dealkylation sites (N-methyl/N-ethyl adjacent to an activating group) is 1. The number of nitrogens with one attached hydrogen (secondary N) is 3. The van der Waals surface area contributed by atoms with Crippen molar-refractivity contribution in [3.05, 3.63) is 52.9 Å². The maximum Gasteiger partial charge on any atom is 0.255 e. The number of rotatable bonds is 6. The lowest BCUT2D eigenvalue weighted by atomic mass is 10.0. The van der Waals surface area contributed by atoms with Crippen LogP contribution in [-0.4, -0.2) is 58.7 Å². The number of carbonyl (C=O) groups excluding carboxylic acids is 1. The lowest BCUT2D eigenvalue weighted by Gasteiger charge is -2.37. The summed E-state index contributed by atoms with van der Waals surface area (Å²) >= 11 is 6.10. The molecule has 4 N–H and O–H groups in total. The number of para-hydroxylation sites is 1. The first-order valence-electron chi connectivity index (χ1n) is 10.6. The number of pyridine rings is 1. The predicted molar refractivity (Wildman–Crippen MR) is 123 cm³/mol. The van der Waals surface area contributed by atoms with Crippen molar-refractivity contribution in [2.45, 2.75) is 18.9 Å². The monoisotopic (exact) mass is 453 g/mol. The number of ether oxygens (including phenoxy) is 1. The van der Waals surface area contributed by atoms with Gasteiger partial charge >= 0.3 is 0 Å². The van der Waals surface area contributed by atoms with Crippen LogP contribution in [-0.2, 0) is 6.42 Å². The van der Waals surface area contributed by atoms with E-state index in [1.807, 2.05) is 6.07 Å². The predicted octanol–water partition coefficient (Wildman–Crippen LogP) is 3.55. The first-order valence-corrected chi connectivity index (χ1v) is 11.0. The van der Waals surface area contributed by atoms with Gasteiger partial charge in [0.15, 0.2) is 5.75 Å². The van der Waals surface area contributed by atoms with Crippen LogP contribution in [0.1, 0.15) is 22.5 Å². The molecule has 3 aromatic rings. The van der Waals surface area contributed by atoms with E-state index in [2.05, 4.69) is 32.5 Å². The summed E-state index contributed by atoms with van der Waals surface area (Å²) in [5.74, 6) is 0.376. The molecule has 8 nitrogen and oxygen atoms in total. The van der Waals surface area contributed by atoms with Gasteiger partial charge in [-0.2, -0.15) is 0 Å². The lowest BCUT2D eigenvalue weighted by Crippen LogP contribution is -2.48. The van der Waals surface area contributed by atoms with Crippen LogP contribution in [0.5, 0.6) is 11.5 Å². The molecule has 0 bridgehead atoms. The molecule has 2 aliphatic rings. The molecule has 4 heterocycles. The van der Waals surface area contributed by atoms with E-state index < -0.39 is 0 Å². The number of anilines is 2. The van der Waals surface area contributed by atoms with Gasteiger partial charge in [-0.15, -0.1) is 0 Å². The molecular formula is C23H24ClN5O3. The molecule has 32 heavy (non-hydrogen) atoms. The zero-order chi connectivity index (χ0) is 22.2. The Balaban J connectivity index is 1.57. The summed E-state index contributed by atoms with van der Waals surface area (Å²) < 4.78 is 6.15. The van der Waals surface area contributed by atoms with E-state index in [4.69, 9.17) is 16.3 Å². The quantitative estimate of drug-likeness (QED) is 0.426. The van der Waals surface area contributed by atoms with Gasteiger partial charge in [-0.3, -0.25) is 14.7 Å². The largest absolute Gasteiger partial charge is 0.504 e. The van der Waals surface area contributed by atoms with Gasteiger partial charge in [0.25, 0.3) is 5.91 Å². The Morgan fingerprint density at radius 2 is 2.25 bits per heavy atom. The summed E-state index contributed by atoms with van der Waals surface area (Å²) in [6.07, 6.45) is 5.15. The summed E-state index contributed by atoms with van der Waals surface area (Å²) in [6, 6.07) is 7.29. The molecular weight excluding hydrogens is 430 g/mol. The van der Waals surface area contributed by atoms with Gasteiger partial charge in [-0.25, -0.2) is 0 Å². The summed E-state index contributed by atoms with van der Waals surface area (Å²) in [5.41, 5.74) is 3.80. The number of fused-ring (bicyclic) bond motifs is 1. The molecule has 2 aromatic heterocycles. The molecule has 9 heteroatoms. The highest BCUT2D eigenvalue weighted by atomic mass is 35.5. The molecule has 5 rings (SSSR count). The third-order valence-corrected chi connectivity index (χ3v) is 6.44. The van der Waals surface area contributed by atoms with Crippen LogP contribution in [0.15, 0.2) is 36.7 Å². The first kappa shape index (κ1) is 20.7. The van der Waals surface area contributed by atoms with Gasteiger partial charge in [0.2, 0.25) is 0 Å². The Morgan fingerprint density at radius 3 is 3.03 bits per heavy atom. The number of hydrogen-bond donors (Lipinski definition) is 4. The number of halogens is 1.